The number of carbonyl (C=O) groups excluding carboxylic acids is 2. The van der Waals surface area contributed by atoms with E-state index in [0.29, 0.717) is 10.0 Å². The molecule has 7 rings (SSSR count). The third-order valence-corrected chi connectivity index (χ3v) is 10.2. The van der Waals surface area contributed by atoms with Gasteiger partial charge < -0.3 is 14.4 Å². The van der Waals surface area contributed by atoms with Gasteiger partial charge in [-0.15, -0.1) is 0 Å². The number of rotatable bonds is 4. The van der Waals surface area contributed by atoms with Crippen molar-refractivity contribution >= 4 is 84.3 Å². The van der Waals surface area contributed by atoms with Crippen molar-refractivity contribution in [1.29, 1.82) is 0 Å². The zero-order valence-corrected chi connectivity index (χ0v) is 28.6. The molecule has 0 amide bonds. The van der Waals surface area contributed by atoms with Crippen LogP contribution in [-0.4, -0.2) is 32.2 Å². The highest BCUT2D eigenvalue weighted by atomic mass is 79.9. The number of esters is 2. The van der Waals surface area contributed by atoms with Gasteiger partial charge in [-0.2, -0.15) is 0 Å². The second-order valence-corrected chi connectivity index (χ2v) is 13.5. The van der Waals surface area contributed by atoms with Crippen LogP contribution in [0.15, 0.2) is 111 Å². The van der Waals surface area contributed by atoms with E-state index in [-0.39, 0.29) is 11.3 Å². The van der Waals surface area contributed by atoms with Gasteiger partial charge in [0.25, 0.3) is 0 Å². The lowest BCUT2D eigenvalue weighted by Crippen LogP contribution is -2.46. The molecule has 224 valence electrons. The number of hydrogen-bond acceptors (Lipinski definition) is 5. The van der Waals surface area contributed by atoms with Crippen molar-refractivity contribution in [3.05, 3.63) is 144 Å². The minimum atomic E-state index is -1.14. The highest BCUT2D eigenvalue weighted by Crippen LogP contribution is 2.63. The van der Waals surface area contributed by atoms with E-state index in [1.807, 2.05) is 83.8 Å². The molecule has 1 aliphatic carbocycles. The van der Waals surface area contributed by atoms with E-state index in [1.54, 1.807) is 12.1 Å². The Labute approximate surface area is 287 Å². The molecule has 45 heavy (non-hydrogen) atoms. The molecule has 4 aromatic carbocycles. The largest absolute Gasteiger partial charge is 0.466 e. The summed E-state index contributed by atoms with van der Waals surface area (Å²) in [5.41, 5.74) is 6.22. The normalized spacial score (nSPS) is 17.2. The van der Waals surface area contributed by atoms with Gasteiger partial charge in [-0.25, -0.2) is 9.59 Å². The Kier molecular flexibility index (Phi) is 7.56. The van der Waals surface area contributed by atoms with Crippen molar-refractivity contribution in [1.82, 2.24) is 0 Å². The van der Waals surface area contributed by atoms with Crippen LogP contribution in [0.2, 0.25) is 10.0 Å². The second-order valence-electron chi connectivity index (χ2n) is 10.8. The second kappa shape index (κ2) is 11.3. The molecule has 2 aliphatic heterocycles. The number of carbonyl (C=O) groups is 2. The monoisotopic (exact) mass is 761 g/mol. The van der Waals surface area contributed by atoms with Crippen LogP contribution in [-0.2, 0) is 24.5 Å². The van der Waals surface area contributed by atoms with Crippen LogP contribution in [0.25, 0.3) is 22.8 Å². The SMILES string of the molecule is COC(=O)C1=C(C(=O)OC)C2(c3cc(Br)ccc3-c3ccc(Br)cc32)C2C=C(/C=C/c3ccc(Cl)cc3Cl)c3ccccc3N12. The lowest BCUT2D eigenvalue weighted by Gasteiger charge is -2.41. The summed E-state index contributed by atoms with van der Waals surface area (Å²) in [6, 6.07) is 24.7. The van der Waals surface area contributed by atoms with Gasteiger partial charge in [-0.1, -0.05) is 110 Å². The summed E-state index contributed by atoms with van der Waals surface area (Å²) < 4.78 is 12.5. The molecule has 5 nitrogen and oxygen atoms in total. The predicted molar refractivity (Wildman–Crippen MR) is 185 cm³/mol. The number of anilines is 1. The van der Waals surface area contributed by atoms with Crippen LogP contribution in [0.4, 0.5) is 5.69 Å². The van der Waals surface area contributed by atoms with Crippen molar-refractivity contribution in [2.75, 3.05) is 19.1 Å². The Morgan fingerprint density at radius 3 is 2.07 bits per heavy atom. The molecule has 4 aromatic rings. The first-order valence-corrected chi connectivity index (χ1v) is 16.3. The molecule has 0 radical (unpaired) electrons. The summed E-state index contributed by atoms with van der Waals surface area (Å²) in [6.45, 7) is 0. The topological polar surface area (TPSA) is 55.8 Å². The minimum Gasteiger partial charge on any atom is -0.466 e. The average Bonchev–Trinajstić information content (AvgIpc) is 3.49. The molecule has 3 aliphatic rings. The van der Waals surface area contributed by atoms with Crippen molar-refractivity contribution in [2.45, 2.75) is 11.5 Å². The van der Waals surface area contributed by atoms with E-state index in [9.17, 15) is 9.59 Å². The van der Waals surface area contributed by atoms with E-state index >= 15 is 0 Å². The zero-order chi connectivity index (χ0) is 31.6. The number of methoxy groups -OCH3 is 2. The minimum absolute atomic E-state index is 0.139. The van der Waals surface area contributed by atoms with Gasteiger partial charge in [0.05, 0.1) is 31.2 Å². The van der Waals surface area contributed by atoms with Gasteiger partial charge in [-0.3, -0.25) is 0 Å². The number of para-hydroxylation sites is 1. The van der Waals surface area contributed by atoms with Crippen molar-refractivity contribution < 1.29 is 19.1 Å². The van der Waals surface area contributed by atoms with Crippen LogP contribution in [0, 0.1) is 0 Å². The van der Waals surface area contributed by atoms with E-state index in [4.69, 9.17) is 32.7 Å². The molecule has 1 atom stereocenters. The van der Waals surface area contributed by atoms with Crippen LogP contribution in [0.5, 0.6) is 0 Å². The maximum absolute atomic E-state index is 14.1. The van der Waals surface area contributed by atoms with Gasteiger partial charge in [0.15, 0.2) is 0 Å². The van der Waals surface area contributed by atoms with Gasteiger partial charge in [0.1, 0.15) is 5.70 Å². The number of allylic oxidation sites excluding steroid dienone is 2. The maximum Gasteiger partial charge on any atom is 0.355 e. The van der Waals surface area contributed by atoms with Gasteiger partial charge in [0.2, 0.25) is 0 Å². The number of ether oxygens (including phenoxy) is 2. The van der Waals surface area contributed by atoms with Gasteiger partial charge in [0, 0.05) is 30.2 Å². The summed E-state index contributed by atoms with van der Waals surface area (Å²) in [7, 11) is 2.66. The lowest BCUT2D eigenvalue weighted by atomic mass is 9.67. The quantitative estimate of drug-likeness (QED) is 0.194. The van der Waals surface area contributed by atoms with E-state index in [0.717, 1.165) is 53.6 Å². The Balaban J connectivity index is 1.59. The summed E-state index contributed by atoms with van der Waals surface area (Å²) in [5.74, 6) is -1.24. The number of nitrogens with zero attached hydrogens (tertiary/aromatic N) is 1. The summed E-state index contributed by atoms with van der Waals surface area (Å²) >= 11 is 20.1. The Bertz CT molecular complexity index is 2000. The third-order valence-electron chi connectivity index (χ3n) is 8.68. The number of benzene rings is 4. The number of halogens is 4. The molecule has 1 unspecified atom stereocenters. The Morgan fingerprint density at radius 1 is 0.800 bits per heavy atom. The molecular weight excluding hydrogens is 741 g/mol. The molecule has 0 bridgehead atoms. The fourth-order valence-electron chi connectivity index (χ4n) is 6.95. The van der Waals surface area contributed by atoms with Gasteiger partial charge in [-0.05, 0) is 75.9 Å². The molecular formula is C36H23Br2Cl2NO4. The molecule has 0 N–H and O–H groups in total. The molecule has 0 fully saturated rings. The number of fused-ring (bicyclic) bond motifs is 9. The Morgan fingerprint density at radius 2 is 1.44 bits per heavy atom. The molecule has 0 saturated carbocycles. The van der Waals surface area contributed by atoms with Crippen LogP contribution >= 0.6 is 55.1 Å². The highest BCUT2D eigenvalue weighted by molar-refractivity contribution is 9.10. The predicted octanol–water partition coefficient (Wildman–Crippen LogP) is 9.38. The fourth-order valence-corrected chi connectivity index (χ4v) is 8.15. The number of hydrogen-bond donors (Lipinski definition) is 0. The van der Waals surface area contributed by atoms with E-state index < -0.39 is 23.4 Å². The smallest absolute Gasteiger partial charge is 0.355 e. The first-order valence-electron chi connectivity index (χ1n) is 14.0. The third kappa shape index (κ3) is 4.47. The summed E-state index contributed by atoms with van der Waals surface area (Å²) in [4.78, 5) is 29.9. The first-order chi connectivity index (χ1) is 21.7. The molecule has 0 aromatic heterocycles. The van der Waals surface area contributed by atoms with E-state index in [2.05, 4.69) is 37.9 Å². The zero-order valence-electron chi connectivity index (χ0n) is 23.9. The van der Waals surface area contributed by atoms with Crippen molar-refractivity contribution in [3.63, 3.8) is 0 Å². The van der Waals surface area contributed by atoms with Crippen molar-refractivity contribution in [3.8, 4) is 11.1 Å². The lowest BCUT2D eigenvalue weighted by molar-refractivity contribution is -0.139. The van der Waals surface area contributed by atoms with Gasteiger partial charge >= 0.3 is 11.9 Å². The fraction of sp³-hybridized carbons (Fsp3) is 0.111. The van der Waals surface area contributed by atoms with Crippen LogP contribution < -0.4 is 4.90 Å². The van der Waals surface area contributed by atoms with Crippen molar-refractivity contribution in [2.24, 2.45) is 0 Å². The van der Waals surface area contributed by atoms with Crippen LogP contribution in [0.3, 0.4) is 0 Å². The highest BCUT2D eigenvalue weighted by Gasteiger charge is 2.63. The summed E-state index contributed by atoms with van der Waals surface area (Å²) in [6.07, 6.45) is 6.06. The summed E-state index contributed by atoms with van der Waals surface area (Å²) in [5, 5.41) is 1.08. The molecule has 2 heterocycles. The average molecular weight is 764 g/mol. The molecule has 9 heteroatoms. The first kappa shape index (κ1) is 30.1. The maximum atomic E-state index is 14.1. The van der Waals surface area contributed by atoms with Crippen LogP contribution in [0.1, 0.15) is 22.3 Å². The molecule has 0 saturated heterocycles. The standard InChI is InChI=1S/C36H23Br2Cl2NO4/c1-44-34(42)32-33(35(43)45-2)41-30-6-4-3-5-24(30)20(8-7-19-9-12-23(39)18-29(19)40)15-31(41)36(32)27-16-21(37)10-13-25(27)26-14-11-22(38)17-28(26)36/h3-18,31H,1-2H3/b8-7+. The Hall–Kier alpha value is -3.62. The van der Waals surface area contributed by atoms with E-state index in [1.165, 1.54) is 14.2 Å². The molecule has 1 spiro atoms.